The lowest BCUT2D eigenvalue weighted by Crippen LogP contribution is -2.31. The number of hydrogen-bond acceptors (Lipinski definition) is 3. The van der Waals surface area contributed by atoms with Crippen LogP contribution in [0.4, 0.5) is 0 Å². The van der Waals surface area contributed by atoms with Crippen molar-refractivity contribution in [1.82, 2.24) is 4.98 Å². The SMILES string of the molecule is CCCC(C)(CC)C1CCc2nc3sc(C#N)cc3cc2C1. The van der Waals surface area contributed by atoms with Gasteiger partial charge in [-0.2, -0.15) is 5.26 Å². The molecule has 0 aliphatic heterocycles. The minimum atomic E-state index is 0.452. The van der Waals surface area contributed by atoms with Gasteiger partial charge in [-0.3, -0.25) is 0 Å². The highest BCUT2D eigenvalue weighted by Crippen LogP contribution is 2.43. The molecule has 0 aromatic carbocycles. The molecule has 0 N–H and O–H groups in total. The van der Waals surface area contributed by atoms with Crippen LogP contribution in [0.2, 0.25) is 0 Å². The molecule has 3 rings (SSSR count). The molecule has 0 amide bonds. The molecule has 0 bridgehead atoms. The van der Waals surface area contributed by atoms with Crippen LogP contribution in [0.1, 0.15) is 62.6 Å². The molecule has 2 nitrogen and oxygen atoms in total. The van der Waals surface area contributed by atoms with Gasteiger partial charge in [0, 0.05) is 11.1 Å². The van der Waals surface area contributed by atoms with Gasteiger partial charge in [-0.05, 0) is 54.7 Å². The van der Waals surface area contributed by atoms with Gasteiger partial charge in [0.25, 0.3) is 0 Å². The Balaban J connectivity index is 1.93. The maximum absolute atomic E-state index is 9.08. The number of nitriles is 1. The van der Waals surface area contributed by atoms with Crippen molar-refractivity contribution >= 4 is 21.6 Å². The molecule has 0 saturated carbocycles. The maximum Gasteiger partial charge on any atom is 0.124 e. The Kier molecular flexibility index (Phi) is 4.23. The Bertz CT molecular complexity index is 725. The van der Waals surface area contributed by atoms with E-state index in [4.69, 9.17) is 10.2 Å². The third kappa shape index (κ3) is 2.65. The summed E-state index contributed by atoms with van der Waals surface area (Å²) >= 11 is 1.52. The lowest BCUT2D eigenvalue weighted by molar-refractivity contribution is 0.141. The van der Waals surface area contributed by atoms with Gasteiger partial charge in [-0.1, -0.05) is 33.6 Å². The van der Waals surface area contributed by atoms with Crippen molar-refractivity contribution in [2.45, 2.75) is 59.3 Å². The molecule has 2 atom stereocenters. The fourth-order valence-electron chi connectivity index (χ4n) is 4.01. The molecule has 116 valence electrons. The van der Waals surface area contributed by atoms with E-state index in [1.807, 2.05) is 6.07 Å². The van der Waals surface area contributed by atoms with E-state index in [2.05, 4.69) is 32.9 Å². The molecule has 2 heterocycles. The molecule has 2 aromatic heterocycles. The summed E-state index contributed by atoms with van der Waals surface area (Å²) in [6.07, 6.45) is 7.34. The van der Waals surface area contributed by atoms with Crippen molar-refractivity contribution in [1.29, 1.82) is 5.26 Å². The molecule has 0 spiro atoms. The molecular weight excluding hydrogens is 288 g/mol. The van der Waals surface area contributed by atoms with Crippen LogP contribution in [0.25, 0.3) is 10.2 Å². The minimum absolute atomic E-state index is 0.452. The van der Waals surface area contributed by atoms with E-state index in [0.29, 0.717) is 5.41 Å². The van der Waals surface area contributed by atoms with Crippen LogP contribution in [0.3, 0.4) is 0 Å². The van der Waals surface area contributed by atoms with Crippen molar-refractivity contribution in [3.05, 3.63) is 28.3 Å². The van der Waals surface area contributed by atoms with Gasteiger partial charge in [-0.25, -0.2) is 4.98 Å². The highest BCUT2D eigenvalue weighted by molar-refractivity contribution is 7.19. The zero-order chi connectivity index (χ0) is 15.7. The number of pyridine rings is 1. The Morgan fingerprint density at radius 3 is 2.91 bits per heavy atom. The molecule has 22 heavy (non-hydrogen) atoms. The Hall–Kier alpha value is -1.40. The molecule has 1 aliphatic carbocycles. The summed E-state index contributed by atoms with van der Waals surface area (Å²) in [6, 6.07) is 6.53. The first-order chi connectivity index (χ1) is 10.6. The van der Waals surface area contributed by atoms with Crippen LogP contribution in [0.15, 0.2) is 12.1 Å². The average Bonchev–Trinajstić information content (AvgIpc) is 2.94. The summed E-state index contributed by atoms with van der Waals surface area (Å²) < 4.78 is 0. The topological polar surface area (TPSA) is 36.7 Å². The number of rotatable bonds is 4. The first-order valence-electron chi connectivity index (χ1n) is 8.42. The van der Waals surface area contributed by atoms with Gasteiger partial charge in [0.05, 0.1) is 0 Å². The highest BCUT2D eigenvalue weighted by atomic mass is 32.1. The Morgan fingerprint density at radius 2 is 2.23 bits per heavy atom. The van der Waals surface area contributed by atoms with Crippen LogP contribution in [0.5, 0.6) is 0 Å². The Labute approximate surface area is 137 Å². The monoisotopic (exact) mass is 312 g/mol. The number of fused-ring (bicyclic) bond motifs is 2. The summed E-state index contributed by atoms with van der Waals surface area (Å²) in [4.78, 5) is 6.64. The minimum Gasteiger partial charge on any atom is -0.242 e. The fourth-order valence-corrected chi connectivity index (χ4v) is 4.85. The summed E-state index contributed by atoms with van der Waals surface area (Å²) in [6.45, 7) is 7.10. The number of thiophene rings is 1. The number of aromatic nitrogens is 1. The first-order valence-corrected chi connectivity index (χ1v) is 9.23. The summed E-state index contributed by atoms with van der Waals surface area (Å²) in [7, 11) is 0. The van der Waals surface area contributed by atoms with E-state index in [0.717, 1.165) is 33.9 Å². The molecular formula is C19H24N2S. The van der Waals surface area contributed by atoms with Crippen LogP contribution >= 0.6 is 11.3 Å². The molecule has 0 radical (unpaired) electrons. The first kappa shape index (κ1) is 15.5. The van der Waals surface area contributed by atoms with E-state index >= 15 is 0 Å². The van der Waals surface area contributed by atoms with Crippen molar-refractivity contribution in [2.75, 3.05) is 0 Å². The highest BCUT2D eigenvalue weighted by Gasteiger charge is 2.34. The van der Waals surface area contributed by atoms with Crippen molar-refractivity contribution in [2.24, 2.45) is 11.3 Å². The van der Waals surface area contributed by atoms with Gasteiger partial charge in [0.2, 0.25) is 0 Å². The Morgan fingerprint density at radius 1 is 1.41 bits per heavy atom. The third-order valence-electron chi connectivity index (χ3n) is 5.60. The van der Waals surface area contributed by atoms with Crippen LogP contribution < -0.4 is 0 Å². The smallest absolute Gasteiger partial charge is 0.124 e. The van der Waals surface area contributed by atoms with Crippen LogP contribution in [0, 0.1) is 22.7 Å². The number of aryl methyl sites for hydroxylation is 1. The fraction of sp³-hybridized carbons (Fsp3) is 0.579. The van der Waals surface area contributed by atoms with E-state index in [-0.39, 0.29) is 0 Å². The summed E-state index contributed by atoms with van der Waals surface area (Å²) in [5.74, 6) is 0.762. The quantitative estimate of drug-likeness (QED) is 0.748. The van der Waals surface area contributed by atoms with Crippen LogP contribution in [-0.4, -0.2) is 4.98 Å². The second kappa shape index (κ2) is 6.01. The lowest BCUT2D eigenvalue weighted by atomic mass is 9.66. The number of hydrogen-bond donors (Lipinski definition) is 0. The zero-order valence-electron chi connectivity index (χ0n) is 13.8. The maximum atomic E-state index is 9.08. The summed E-state index contributed by atoms with van der Waals surface area (Å²) in [5, 5.41) is 10.2. The molecule has 0 saturated heterocycles. The van der Waals surface area contributed by atoms with E-state index in [9.17, 15) is 0 Å². The van der Waals surface area contributed by atoms with E-state index < -0.39 is 0 Å². The van der Waals surface area contributed by atoms with Gasteiger partial charge in [-0.15, -0.1) is 11.3 Å². The summed E-state index contributed by atoms with van der Waals surface area (Å²) in [5.41, 5.74) is 3.14. The van der Waals surface area contributed by atoms with Crippen molar-refractivity contribution < 1.29 is 0 Å². The van der Waals surface area contributed by atoms with Crippen molar-refractivity contribution in [3.8, 4) is 6.07 Å². The molecule has 3 heteroatoms. The molecule has 1 aliphatic rings. The molecule has 2 unspecified atom stereocenters. The predicted molar refractivity (Wildman–Crippen MR) is 93.2 cm³/mol. The van der Waals surface area contributed by atoms with Gasteiger partial charge in [0.1, 0.15) is 15.8 Å². The normalized spacial score (nSPS) is 20.4. The second-order valence-corrected chi connectivity index (χ2v) is 7.94. The third-order valence-corrected chi connectivity index (χ3v) is 6.55. The standard InChI is InChI=1S/C19H24N2S/c1-4-8-19(3,5-2)15-6-7-17-13(10-15)9-14-11-16(12-20)22-18(14)21-17/h9,11,15H,4-8,10H2,1-3H3. The largest absolute Gasteiger partial charge is 0.242 e. The van der Waals surface area contributed by atoms with Gasteiger partial charge < -0.3 is 0 Å². The van der Waals surface area contributed by atoms with E-state index in [1.165, 1.54) is 48.3 Å². The van der Waals surface area contributed by atoms with Gasteiger partial charge in [0.15, 0.2) is 0 Å². The lowest BCUT2D eigenvalue weighted by Gasteiger charge is -2.40. The zero-order valence-corrected chi connectivity index (χ0v) is 14.6. The van der Waals surface area contributed by atoms with Crippen LogP contribution in [-0.2, 0) is 12.8 Å². The van der Waals surface area contributed by atoms with E-state index in [1.54, 1.807) is 0 Å². The number of nitrogens with zero attached hydrogens (tertiary/aromatic N) is 2. The molecule has 2 aromatic rings. The predicted octanol–water partition coefficient (Wildman–Crippen LogP) is 5.49. The molecule has 0 fully saturated rings. The van der Waals surface area contributed by atoms with Crippen molar-refractivity contribution in [3.63, 3.8) is 0 Å². The second-order valence-electron chi connectivity index (χ2n) is 6.91. The van der Waals surface area contributed by atoms with Gasteiger partial charge >= 0.3 is 0 Å². The average molecular weight is 312 g/mol.